The van der Waals surface area contributed by atoms with Crippen LogP contribution in [0, 0.1) is 0 Å². The zero-order valence-electron chi connectivity index (χ0n) is 31.7. The smallest absolute Gasteiger partial charge is 0.472 e. The molecular weight excluding hydrogens is 657 g/mol. The fourth-order valence-corrected chi connectivity index (χ4v) is 6.16. The first-order valence-corrected chi connectivity index (χ1v) is 21.4. The molecule has 294 valence electrons. The second-order valence-electron chi connectivity index (χ2n) is 13.5. The van der Waals surface area contributed by atoms with E-state index in [2.05, 4.69) is 30.5 Å². The first-order chi connectivity index (χ1) is 24.2. The van der Waals surface area contributed by atoms with Crippen LogP contribution in [0.5, 0.6) is 0 Å². The first kappa shape index (κ1) is 48.3. The Kier molecular flexibility index (Phi) is 34.5. The molecule has 0 aliphatic carbocycles. The predicted molar refractivity (Wildman–Crippen MR) is 203 cm³/mol. The molecule has 0 saturated carbocycles. The number of phosphoric ester groups is 1. The molecule has 4 N–H and O–H groups in total. The Balaban J connectivity index is 4.35. The van der Waals surface area contributed by atoms with Gasteiger partial charge in [-0.25, -0.2) is 4.57 Å². The van der Waals surface area contributed by atoms with E-state index in [0.717, 1.165) is 44.9 Å². The van der Waals surface area contributed by atoms with Gasteiger partial charge in [0.2, 0.25) is 0 Å². The van der Waals surface area contributed by atoms with Gasteiger partial charge in [-0.15, -0.1) is 0 Å². The molecule has 0 aromatic heterocycles. The van der Waals surface area contributed by atoms with Crippen LogP contribution in [-0.4, -0.2) is 53.9 Å². The largest absolute Gasteiger partial charge is 0.498 e. The Morgan fingerprint density at radius 3 is 1.52 bits per heavy atom. The lowest BCUT2D eigenvalue weighted by Crippen LogP contribution is -2.34. The number of unbranched alkanes of at least 4 members (excludes halogenated alkanes) is 22. The van der Waals surface area contributed by atoms with E-state index < -0.39 is 45.1 Å². The third-order valence-electron chi connectivity index (χ3n) is 8.55. The number of ether oxygens (including phenoxy) is 2. The number of hydrogen-bond acceptors (Lipinski definition) is 8. The molecule has 0 heterocycles. The maximum atomic E-state index is 12.6. The van der Waals surface area contributed by atoms with Crippen LogP contribution in [0.3, 0.4) is 0 Å². The molecular formula is C39H74NO9P. The zero-order chi connectivity index (χ0) is 37.0. The van der Waals surface area contributed by atoms with Gasteiger partial charge in [-0.05, 0) is 51.0 Å². The number of rotatable bonds is 38. The number of allylic oxidation sites excluding steroid dienone is 3. The molecule has 0 aromatic carbocycles. The second kappa shape index (κ2) is 35.7. The number of nitrogens with two attached hydrogens (primary N) is 1. The summed E-state index contributed by atoms with van der Waals surface area (Å²) in [6.45, 7) is 3.25. The van der Waals surface area contributed by atoms with Crippen LogP contribution < -0.4 is 5.73 Å². The Morgan fingerprint density at radius 2 is 1.04 bits per heavy atom. The Bertz CT molecular complexity index is 899. The number of hydrogen-bond donors (Lipinski definition) is 3. The summed E-state index contributed by atoms with van der Waals surface area (Å²) in [5.74, 6) is -1.81. The summed E-state index contributed by atoms with van der Waals surface area (Å²) in [4.78, 5) is 33.4. The van der Waals surface area contributed by atoms with Gasteiger partial charge in [0.15, 0.2) is 6.10 Å². The summed E-state index contributed by atoms with van der Waals surface area (Å²) in [7, 11) is -4.62. The van der Waals surface area contributed by atoms with Gasteiger partial charge in [-0.2, -0.15) is 0 Å². The van der Waals surface area contributed by atoms with Gasteiger partial charge in [-0.1, -0.05) is 142 Å². The van der Waals surface area contributed by atoms with E-state index in [1.807, 2.05) is 6.08 Å². The van der Waals surface area contributed by atoms with Gasteiger partial charge >= 0.3 is 19.8 Å². The minimum Gasteiger partial charge on any atom is -0.498 e. The molecule has 0 aliphatic heterocycles. The van der Waals surface area contributed by atoms with Crippen LogP contribution in [0.15, 0.2) is 24.5 Å². The topological polar surface area (TPSA) is 155 Å². The molecule has 0 saturated heterocycles. The lowest BCUT2D eigenvalue weighted by Gasteiger charge is -2.20. The summed E-state index contributed by atoms with van der Waals surface area (Å²) < 4.78 is 33.0. The Morgan fingerprint density at radius 1 is 0.620 bits per heavy atom. The fraction of sp³-hybridized carbons (Fsp3) is 0.846. The van der Waals surface area contributed by atoms with Crippen LogP contribution in [-0.2, 0) is 32.7 Å². The molecule has 0 rings (SSSR count). The minimum absolute atomic E-state index is 0.0679. The second-order valence-corrected chi connectivity index (χ2v) is 14.9. The van der Waals surface area contributed by atoms with Crippen LogP contribution in [0.25, 0.3) is 0 Å². The standard InChI is InChI=1S/C39H74NO9P/c1-3-5-7-9-11-13-15-17-19-21-23-25-27-29-31-38(41)49-36(34-47-50(44,45)48-35-37(40)39(42)43)33-46-32-30-28-26-24-22-20-18-16-14-12-10-8-6-4-2/h15,17,30,32,36-37H,3-14,16,18-29,31,33-35,40H2,1-2H3,(H,42,43)(H,44,45)/b17-15-,32-30-/t36-,37+/m1/s1. The Hall–Kier alpha value is -1.71. The molecule has 3 atom stereocenters. The van der Waals surface area contributed by atoms with Crippen molar-refractivity contribution < 1.29 is 42.7 Å². The monoisotopic (exact) mass is 732 g/mol. The molecule has 0 radical (unpaired) electrons. The first-order valence-electron chi connectivity index (χ1n) is 19.9. The van der Waals surface area contributed by atoms with E-state index in [1.54, 1.807) is 6.26 Å². The molecule has 0 aromatic rings. The van der Waals surface area contributed by atoms with Crippen LogP contribution >= 0.6 is 7.82 Å². The van der Waals surface area contributed by atoms with E-state index in [9.17, 15) is 19.0 Å². The van der Waals surface area contributed by atoms with E-state index in [1.165, 1.54) is 109 Å². The van der Waals surface area contributed by atoms with Crippen molar-refractivity contribution in [2.75, 3.05) is 19.8 Å². The van der Waals surface area contributed by atoms with Crippen molar-refractivity contribution in [3.63, 3.8) is 0 Å². The molecule has 1 unspecified atom stereocenters. The lowest BCUT2D eigenvalue weighted by atomic mass is 10.0. The molecule has 0 spiro atoms. The number of carboxylic acid groups (broad SMARTS) is 1. The molecule has 10 nitrogen and oxygen atoms in total. The van der Waals surface area contributed by atoms with Gasteiger partial charge in [0.1, 0.15) is 12.6 Å². The minimum atomic E-state index is -4.62. The summed E-state index contributed by atoms with van der Waals surface area (Å²) in [5.41, 5.74) is 5.33. The normalized spacial score (nSPS) is 14.2. The van der Waals surface area contributed by atoms with Crippen molar-refractivity contribution >= 4 is 19.8 Å². The average Bonchev–Trinajstić information content (AvgIpc) is 3.09. The van der Waals surface area contributed by atoms with Gasteiger partial charge < -0.3 is 25.2 Å². The van der Waals surface area contributed by atoms with Crippen molar-refractivity contribution in [1.29, 1.82) is 0 Å². The molecule has 0 amide bonds. The van der Waals surface area contributed by atoms with E-state index in [4.69, 9.17) is 24.8 Å². The number of carboxylic acids is 1. The van der Waals surface area contributed by atoms with Crippen molar-refractivity contribution in [2.24, 2.45) is 5.73 Å². The third-order valence-corrected chi connectivity index (χ3v) is 9.50. The molecule has 0 aliphatic rings. The van der Waals surface area contributed by atoms with Crippen LogP contribution in [0.1, 0.15) is 181 Å². The zero-order valence-corrected chi connectivity index (χ0v) is 32.6. The SMILES string of the molecule is CCCCCCC/C=C\CCCCCCCC(=O)O[C@H](CO/C=C\CCCCCCCCCCCCCC)COP(=O)(O)OC[C@H](N)C(=O)O. The highest BCUT2D eigenvalue weighted by Gasteiger charge is 2.27. The van der Waals surface area contributed by atoms with Gasteiger partial charge in [0.05, 0.1) is 19.5 Å². The van der Waals surface area contributed by atoms with E-state index in [0.29, 0.717) is 6.42 Å². The van der Waals surface area contributed by atoms with Gasteiger partial charge in [0.25, 0.3) is 0 Å². The maximum Gasteiger partial charge on any atom is 0.472 e. The maximum absolute atomic E-state index is 12.6. The number of carbonyl (C=O) groups excluding carboxylic acids is 1. The molecule has 0 fully saturated rings. The predicted octanol–water partition coefficient (Wildman–Crippen LogP) is 10.7. The van der Waals surface area contributed by atoms with Gasteiger partial charge in [0, 0.05) is 6.42 Å². The summed E-state index contributed by atoms with van der Waals surface area (Å²) in [5, 5.41) is 8.86. The van der Waals surface area contributed by atoms with E-state index >= 15 is 0 Å². The number of aliphatic carboxylic acids is 1. The highest BCUT2D eigenvalue weighted by Crippen LogP contribution is 2.43. The van der Waals surface area contributed by atoms with Crippen LogP contribution in [0.4, 0.5) is 0 Å². The summed E-state index contributed by atoms with van der Waals surface area (Å²) >= 11 is 0. The summed E-state index contributed by atoms with van der Waals surface area (Å²) in [6, 6.07) is -1.48. The lowest BCUT2D eigenvalue weighted by molar-refractivity contribution is -0.153. The van der Waals surface area contributed by atoms with E-state index in [-0.39, 0.29) is 13.0 Å². The van der Waals surface area contributed by atoms with Crippen molar-refractivity contribution in [1.82, 2.24) is 0 Å². The fourth-order valence-electron chi connectivity index (χ4n) is 5.39. The number of phosphoric acid groups is 1. The van der Waals surface area contributed by atoms with Crippen molar-refractivity contribution in [3.05, 3.63) is 24.5 Å². The van der Waals surface area contributed by atoms with Gasteiger partial charge in [-0.3, -0.25) is 18.6 Å². The average molecular weight is 732 g/mol. The third kappa shape index (κ3) is 34.7. The quantitative estimate of drug-likeness (QED) is 0.0184. The highest BCUT2D eigenvalue weighted by atomic mass is 31.2. The highest BCUT2D eigenvalue weighted by molar-refractivity contribution is 7.47. The Labute approximate surface area is 304 Å². The number of esters is 1. The summed E-state index contributed by atoms with van der Waals surface area (Å²) in [6.07, 6.45) is 37.4. The molecule has 50 heavy (non-hydrogen) atoms. The van der Waals surface area contributed by atoms with Crippen LogP contribution in [0.2, 0.25) is 0 Å². The van der Waals surface area contributed by atoms with Crippen molar-refractivity contribution in [2.45, 2.75) is 193 Å². The molecule has 0 bridgehead atoms. The number of carbonyl (C=O) groups is 2. The van der Waals surface area contributed by atoms with Crippen molar-refractivity contribution in [3.8, 4) is 0 Å². The molecule has 11 heteroatoms.